The molecule has 3 nitrogen and oxygen atoms in total. The highest BCUT2D eigenvalue weighted by atomic mass is 15.1. The largest absolute Gasteiger partial charge is 0.337 e. The molecule has 0 aliphatic carbocycles. The van der Waals surface area contributed by atoms with Crippen LogP contribution in [0, 0.1) is 0 Å². The summed E-state index contributed by atoms with van der Waals surface area (Å²) in [7, 11) is 3.93. The standard InChI is InChI=1S/C7H13N3/c1-6(8-2)7-9-4-5-10(7)3/h4-6,8H,1-3H3. The van der Waals surface area contributed by atoms with Crippen LogP contribution in [0.2, 0.25) is 0 Å². The molecular weight excluding hydrogens is 126 g/mol. The van der Waals surface area contributed by atoms with Gasteiger partial charge in [0.1, 0.15) is 5.82 Å². The number of aromatic nitrogens is 2. The van der Waals surface area contributed by atoms with Gasteiger partial charge in [-0.25, -0.2) is 4.98 Å². The summed E-state index contributed by atoms with van der Waals surface area (Å²) >= 11 is 0. The number of aryl methyl sites for hydroxylation is 1. The topological polar surface area (TPSA) is 29.9 Å². The minimum Gasteiger partial charge on any atom is -0.337 e. The third-order valence-electron chi connectivity index (χ3n) is 1.68. The van der Waals surface area contributed by atoms with Crippen molar-refractivity contribution >= 4 is 0 Å². The minimum atomic E-state index is 0.333. The lowest BCUT2D eigenvalue weighted by Gasteiger charge is -2.08. The first kappa shape index (κ1) is 7.28. The van der Waals surface area contributed by atoms with Gasteiger partial charge in [0, 0.05) is 19.4 Å². The lowest BCUT2D eigenvalue weighted by atomic mass is 10.3. The summed E-state index contributed by atoms with van der Waals surface area (Å²) in [5.41, 5.74) is 0. The Hall–Kier alpha value is -0.830. The Morgan fingerprint density at radius 3 is 2.80 bits per heavy atom. The minimum absolute atomic E-state index is 0.333. The maximum absolute atomic E-state index is 4.19. The molecule has 0 amide bonds. The quantitative estimate of drug-likeness (QED) is 0.653. The Morgan fingerprint density at radius 1 is 1.70 bits per heavy atom. The summed E-state index contributed by atoms with van der Waals surface area (Å²) in [6.07, 6.45) is 3.76. The van der Waals surface area contributed by atoms with Gasteiger partial charge in [0.25, 0.3) is 0 Å². The summed E-state index contributed by atoms with van der Waals surface area (Å²) in [4.78, 5) is 4.19. The number of hydrogen-bond acceptors (Lipinski definition) is 2. The zero-order valence-corrected chi connectivity index (χ0v) is 6.63. The van der Waals surface area contributed by atoms with Crippen molar-refractivity contribution in [1.29, 1.82) is 0 Å². The van der Waals surface area contributed by atoms with E-state index in [1.807, 2.05) is 31.1 Å². The molecule has 0 saturated heterocycles. The second-order valence-electron chi connectivity index (χ2n) is 2.41. The van der Waals surface area contributed by atoms with Crippen LogP contribution in [0.15, 0.2) is 12.4 Å². The lowest BCUT2D eigenvalue weighted by Crippen LogP contribution is -2.16. The molecule has 0 saturated carbocycles. The molecule has 0 bridgehead atoms. The molecule has 0 aliphatic heterocycles. The second kappa shape index (κ2) is 2.84. The number of nitrogens with one attached hydrogen (secondary N) is 1. The van der Waals surface area contributed by atoms with E-state index in [1.54, 1.807) is 0 Å². The van der Waals surface area contributed by atoms with Crippen LogP contribution in [0.3, 0.4) is 0 Å². The van der Waals surface area contributed by atoms with Crippen molar-refractivity contribution in [3.05, 3.63) is 18.2 Å². The first-order chi connectivity index (χ1) is 4.75. The highest BCUT2D eigenvalue weighted by Crippen LogP contribution is 2.06. The summed E-state index contributed by atoms with van der Waals surface area (Å²) in [6.45, 7) is 2.09. The molecule has 0 spiro atoms. The van der Waals surface area contributed by atoms with Gasteiger partial charge in [0.05, 0.1) is 6.04 Å². The SMILES string of the molecule is CNC(C)c1nccn1C. The summed E-state index contributed by atoms with van der Waals surface area (Å²) in [5, 5.41) is 3.12. The van der Waals surface area contributed by atoms with E-state index in [0.717, 1.165) is 5.82 Å². The maximum Gasteiger partial charge on any atom is 0.125 e. The van der Waals surface area contributed by atoms with Gasteiger partial charge < -0.3 is 9.88 Å². The van der Waals surface area contributed by atoms with E-state index < -0.39 is 0 Å². The Balaban J connectivity index is 2.82. The van der Waals surface area contributed by atoms with Crippen molar-refractivity contribution in [2.24, 2.45) is 7.05 Å². The smallest absolute Gasteiger partial charge is 0.125 e. The molecule has 0 aliphatic rings. The summed E-state index contributed by atoms with van der Waals surface area (Å²) < 4.78 is 2.02. The van der Waals surface area contributed by atoms with Crippen LogP contribution in [-0.2, 0) is 7.05 Å². The van der Waals surface area contributed by atoms with Gasteiger partial charge in [0.2, 0.25) is 0 Å². The van der Waals surface area contributed by atoms with Crippen molar-refractivity contribution in [1.82, 2.24) is 14.9 Å². The fraction of sp³-hybridized carbons (Fsp3) is 0.571. The molecule has 1 heterocycles. The van der Waals surface area contributed by atoms with Crippen molar-refractivity contribution in [3.8, 4) is 0 Å². The summed E-state index contributed by atoms with van der Waals surface area (Å²) in [6, 6.07) is 0.333. The zero-order chi connectivity index (χ0) is 7.56. The molecular formula is C7H13N3. The average Bonchev–Trinajstić information content (AvgIpc) is 2.34. The van der Waals surface area contributed by atoms with Crippen molar-refractivity contribution < 1.29 is 0 Å². The second-order valence-corrected chi connectivity index (χ2v) is 2.41. The van der Waals surface area contributed by atoms with Gasteiger partial charge in [-0.1, -0.05) is 0 Å². The normalized spacial score (nSPS) is 13.5. The molecule has 1 N–H and O–H groups in total. The van der Waals surface area contributed by atoms with E-state index in [9.17, 15) is 0 Å². The predicted molar refractivity (Wildman–Crippen MR) is 40.7 cm³/mol. The maximum atomic E-state index is 4.19. The molecule has 1 aromatic heterocycles. The molecule has 1 atom stereocenters. The fourth-order valence-electron chi connectivity index (χ4n) is 0.923. The van der Waals surface area contributed by atoms with Gasteiger partial charge in [-0.2, -0.15) is 0 Å². The summed E-state index contributed by atoms with van der Waals surface area (Å²) in [5.74, 6) is 1.07. The van der Waals surface area contributed by atoms with Crippen LogP contribution in [-0.4, -0.2) is 16.6 Å². The van der Waals surface area contributed by atoms with E-state index in [4.69, 9.17) is 0 Å². The van der Waals surface area contributed by atoms with Gasteiger partial charge in [-0.05, 0) is 14.0 Å². The number of rotatable bonds is 2. The van der Waals surface area contributed by atoms with Crippen LogP contribution in [0.25, 0.3) is 0 Å². The molecule has 0 fully saturated rings. The number of nitrogens with zero attached hydrogens (tertiary/aromatic N) is 2. The van der Waals surface area contributed by atoms with Gasteiger partial charge in [-0.3, -0.25) is 0 Å². The van der Waals surface area contributed by atoms with Crippen molar-refractivity contribution in [2.75, 3.05) is 7.05 Å². The fourth-order valence-corrected chi connectivity index (χ4v) is 0.923. The van der Waals surface area contributed by atoms with Crippen molar-refractivity contribution in [2.45, 2.75) is 13.0 Å². The zero-order valence-electron chi connectivity index (χ0n) is 6.63. The predicted octanol–water partition coefficient (Wildman–Crippen LogP) is 0.700. The molecule has 0 radical (unpaired) electrons. The first-order valence-electron chi connectivity index (χ1n) is 3.40. The highest BCUT2D eigenvalue weighted by Gasteiger charge is 2.05. The van der Waals surface area contributed by atoms with E-state index in [-0.39, 0.29) is 0 Å². The number of imidazole rings is 1. The number of hydrogen-bond donors (Lipinski definition) is 1. The molecule has 1 unspecified atom stereocenters. The van der Waals surface area contributed by atoms with E-state index in [1.165, 1.54) is 0 Å². The van der Waals surface area contributed by atoms with Crippen LogP contribution in [0.1, 0.15) is 18.8 Å². The third-order valence-corrected chi connectivity index (χ3v) is 1.68. The monoisotopic (exact) mass is 139 g/mol. The van der Waals surface area contributed by atoms with Crippen LogP contribution in [0.4, 0.5) is 0 Å². The molecule has 1 aromatic rings. The highest BCUT2D eigenvalue weighted by molar-refractivity contribution is 4.96. The third kappa shape index (κ3) is 1.19. The first-order valence-corrected chi connectivity index (χ1v) is 3.40. The van der Waals surface area contributed by atoms with E-state index in [2.05, 4.69) is 17.2 Å². The van der Waals surface area contributed by atoms with Crippen molar-refractivity contribution in [3.63, 3.8) is 0 Å². The molecule has 3 heteroatoms. The Morgan fingerprint density at radius 2 is 2.40 bits per heavy atom. The Labute approximate surface area is 61.1 Å². The van der Waals surface area contributed by atoms with E-state index in [0.29, 0.717) is 6.04 Å². The Kier molecular flexibility index (Phi) is 2.06. The van der Waals surface area contributed by atoms with Gasteiger partial charge in [0.15, 0.2) is 0 Å². The molecule has 10 heavy (non-hydrogen) atoms. The van der Waals surface area contributed by atoms with Crippen LogP contribution in [0.5, 0.6) is 0 Å². The van der Waals surface area contributed by atoms with Gasteiger partial charge >= 0.3 is 0 Å². The molecule has 0 aromatic carbocycles. The molecule has 1 rings (SSSR count). The molecule has 56 valence electrons. The van der Waals surface area contributed by atoms with Crippen LogP contribution >= 0.6 is 0 Å². The average molecular weight is 139 g/mol. The van der Waals surface area contributed by atoms with Gasteiger partial charge in [-0.15, -0.1) is 0 Å². The lowest BCUT2D eigenvalue weighted by molar-refractivity contribution is 0.585. The Bertz CT molecular complexity index is 204. The van der Waals surface area contributed by atoms with Crippen LogP contribution < -0.4 is 5.32 Å². The van der Waals surface area contributed by atoms with E-state index >= 15 is 0 Å².